The number of allylic oxidation sites excluding steroid dienone is 1. The maximum atomic E-state index is 12.3. The van der Waals surface area contributed by atoms with E-state index in [1.807, 2.05) is 18.2 Å². The number of hydrogen-bond acceptors (Lipinski definition) is 7. The van der Waals surface area contributed by atoms with Crippen LogP contribution in [0.1, 0.15) is 10.6 Å². The predicted octanol–water partition coefficient (Wildman–Crippen LogP) is 4.89. The summed E-state index contributed by atoms with van der Waals surface area (Å²) in [4.78, 5) is 27.4. The number of benzene rings is 2. The SMILES string of the molecule is N#C/C(=C\c1ccccc1[N+](=O)[O-])c1nc(-c2cc3ccccc3oc2=O)cs1. The molecule has 0 saturated carbocycles. The summed E-state index contributed by atoms with van der Waals surface area (Å²) in [5.74, 6) is 0. The summed E-state index contributed by atoms with van der Waals surface area (Å²) in [5.41, 5.74) is 0.985. The molecule has 0 aliphatic rings. The van der Waals surface area contributed by atoms with Crippen LogP contribution in [0.2, 0.25) is 0 Å². The predicted molar refractivity (Wildman–Crippen MR) is 110 cm³/mol. The second-order valence-corrected chi connectivity index (χ2v) is 6.87. The van der Waals surface area contributed by atoms with Gasteiger partial charge in [0.1, 0.15) is 16.7 Å². The number of hydrogen-bond donors (Lipinski definition) is 0. The molecule has 0 saturated heterocycles. The van der Waals surface area contributed by atoms with E-state index < -0.39 is 10.5 Å². The molecule has 0 fully saturated rings. The van der Waals surface area contributed by atoms with Gasteiger partial charge in [-0.05, 0) is 24.3 Å². The van der Waals surface area contributed by atoms with Crippen LogP contribution in [-0.2, 0) is 0 Å². The lowest BCUT2D eigenvalue weighted by Gasteiger charge is -1.99. The van der Waals surface area contributed by atoms with Gasteiger partial charge in [-0.3, -0.25) is 10.1 Å². The van der Waals surface area contributed by atoms with Gasteiger partial charge in [-0.25, -0.2) is 9.78 Å². The zero-order valence-electron chi connectivity index (χ0n) is 14.7. The van der Waals surface area contributed by atoms with E-state index in [4.69, 9.17) is 4.42 Å². The molecule has 0 aliphatic carbocycles. The maximum Gasteiger partial charge on any atom is 0.345 e. The van der Waals surface area contributed by atoms with E-state index >= 15 is 0 Å². The van der Waals surface area contributed by atoms with Gasteiger partial charge in [-0.1, -0.05) is 30.3 Å². The highest BCUT2D eigenvalue weighted by atomic mass is 32.1. The molecule has 7 nitrogen and oxygen atoms in total. The number of nitrogens with zero attached hydrogens (tertiary/aromatic N) is 3. The zero-order valence-corrected chi connectivity index (χ0v) is 15.6. The van der Waals surface area contributed by atoms with Crippen LogP contribution in [0.15, 0.2) is 69.2 Å². The molecular formula is C21H11N3O4S. The highest BCUT2D eigenvalue weighted by molar-refractivity contribution is 7.11. The Morgan fingerprint density at radius 3 is 2.76 bits per heavy atom. The molecule has 0 atom stereocenters. The first kappa shape index (κ1) is 18.3. The number of rotatable bonds is 4. The first-order valence-electron chi connectivity index (χ1n) is 8.41. The lowest BCUT2D eigenvalue weighted by atomic mass is 10.1. The van der Waals surface area contributed by atoms with E-state index in [1.54, 1.807) is 41.8 Å². The number of para-hydroxylation sites is 2. The Labute approximate surface area is 168 Å². The van der Waals surface area contributed by atoms with Gasteiger partial charge in [0.15, 0.2) is 0 Å². The third kappa shape index (κ3) is 3.54. The van der Waals surface area contributed by atoms with Gasteiger partial charge >= 0.3 is 5.63 Å². The van der Waals surface area contributed by atoms with Gasteiger partial charge in [0.25, 0.3) is 5.69 Å². The van der Waals surface area contributed by atoms with Crippen molar-refractivity contribution in [3.63, 3.8) is 0 Å². The van der Waals surface area contributed by atoms with Gasteiger partial charge < -0.3 is 4.42 Å². The van der Waals surface area contributed by atoms with E-state index in [0.29, 0.717) is 21.8 Å². The molecule has 2 heterocycles. The Bertz CT molecular complexity index is 1380. The number of nitriles is 1. The Morgan fingerprint density at radius 2 is 1.97 bits per heavy atom. The van der Waals surface area contributed by atoms with Crippen molar-refractivity contribution in [2.45, 2.75) is 0 Å². The van der Waals surface area contributed by atoms with Gasteiger partial charge in [0.2, 0.25) is 0 Å². The van der Waals surface area contributed by atoms with E-state index in [0.717, 1.165) is 5.39 Å². The molecular weight excluding hydrogens is 390 g/mol. The molecule has 0 unspecified atom stereocenters. The molecule has 140 valence electrons. The molecule has 4 aromatic rings. The summed E-state index contributed by atoms with van der Waals surface area (Å²) in [6.45, 7) is 0. The molecule has 0 spiro atoms. The Hall–Kier alpha value is -4.09. The molecule has 2 aromatic heterocycles. The highest BCUT2D eigenvalue weighted by Crippen LogP contribution is 2.29. The minimum absolute atomic E-state index is 0.104. The summed E-state index contributed by atoms with van der Waals surface area (Å²) in [7, 11) is 0. The normalized spacial score (nSPS) is 11.3. The molecule has 8 heteroatoms. The number of fused-ring (bicyclic) bond motifs is 1. The van der Waals surface area contributed by atoms with Crippen molar-refractivity contribution in [2.24, 2.45) is 0 Å². The van der Waals surface area contributed by atoms with Crippen LogP contribution in [0.25, 0.3) is 33.9 Å². The minimum atomic E-state index is -0.526. The van der Waals surface area contributed by atoms with Crippen molar-refractivity contribution >= 4 is 39.6 Å². The van der Waals surface area contributed by atoms with E-state index in [2.05, 4.69) is 4.98 Å². The van der Waals surface area contributed by atoms with Gasteiger partial charge in [-0.2, -0.15) is 5.26 Å². The fourth-order valence-corrected chi connectivity index (χ4v) is 3.62. The van der Waals surface area contributed by atoms with Gasteiger partial charge in [0, 0.05) is 16.8 Å². The Morgan fingerprint density at radius 1 is 1.21 bits per heavy atom. The molecule has 0 radical (unpaired) electrons. The molecule has 0 bridgehead atoms. The quantitative estimate of drug-likeness (QED) is 0.208. The van der Waals surface area contributed by atoms with Crippen molar-refractivity contribution in [1.29, 1.82) is 5.26 Å². The lowest BCUT2D eigenvalue weighted by molar-refractivity contribution is -0.385. The second kappa shape index (κ2) is 7.50. The van der Waals surface area contributed by atoms with Crippen LogP contribution < -0.4 is 5.63 Å². The Balaban J connectivity index is 1.77. The summed E-state index contributed by atoms with van der Waals surface area (Å²) in [6.07, 6.45) is 1.42. The summed E-state index contributed by atoms with van der Waals surface area (Å²) < 4.78 is 5.34. The fraction of sp³-hybridized carbons (Fsp3) is 0. The summed E-state index contributed by atoms with van der Waals surface area (Å²) in [5, 5.41) is 23.5. The van der Waals surface area contributed by atoms with Gasteiger partial charge in [-0.15, -0.1) is 11.3 Å². The summed E-state index contributed by atoms with van der Waals surface area (Å²) in [6, 6.07) is 17.0. The largest absolute Gasteiger partial charge is 0.422 e. The number of thiazole rings is 1. The first-order valence-corrected chi connectivity index (χ1v) is 9.29. The fourth-order valence-electron chi connectivity index (χ4n) is 2.83. The standard InChI is InChI=1S/C21H11N3O4S/c22-11-15(9-13-5-1-3-7-18(13)24(26)27)20-23-17(12-29-20)16-10-14-6-2-4-8-19(14)28-21(16)25/h1-10,12H/b15-9+. The van der Waals surface area contributed by atoms with Crippen LogP contribution in [0.5, 0.6) is 0 Å². The number of nitro benzene ring substituents is 1. The molecule has 2 aromatic carbocycles. The van der Waals surface area contributed by atoms with Crippen LogP contribution in [0, 0.1) is 21.4 Å². The molecule has 4 rings (SSSR count). The second-order valence-electron chi connectivity index (χ2n) is 6.01. The van der Waals surface area contributed by atoms with E-state index in [1.165, 1.54) is 23.5 Å². The third-order valence-electron chi connectivity index (χ3n) is 4.21. The first-order chi connectivity index (χ1) is 14.1. The lowest BCUT2D eigenvalue weighted by Crippen LogP contribution is -2.02. The topological polar surface area (TPSA) is 110 Å². The molecule has 0 amide bonds. The average molecular weight is 401 g/mol. The monoisotopic (exact) mass is 401 g/mol. The molecule has 0 aliphatic heterocycles. The Kier molecular flexibility index (Phi) is 4.73. The molecule has 0 N–H and O–H groups in total. The van der Waals surface area contributed by atoms with E-state index in [9.17, 15) is 20.2 Å². The van der Waals surface area contributed by atoms with Crippen molar-refractivity contribution in [1.82, 2.24) is 4.98 Å². The highest BCUT2D eigenvalue weighted by Gasteiger charge is 2.16. The maximum absolute atomic E-state index is 12.3. The van der Waals surface area contributed by atoms with Crippen molar-refractivity contribution < 1.29 is 9.34 Å². The third-order valence-corrected chi connectivity index (χ3v) is 5.08. The minimum Gasteiger partial charge on any atom is -0.422 e. The van der Waals surface area contributed by atoms with Crippen LogP contribution in [-0.4, -0.2) is 9.91 Å². The van der Waals surface area contributed by atoms with E-state index in [-0.39, 0.29) is 16.8 Å². The van der Waals surface area contributed by atoms with Crippen LogP contribution >= 0.6 is 11.3 Å². The van der Waals surface area contributed by atoms with Crippen molar-refractivity contribution in [3.8, 4) is 17.3 Å². The summed E-state index contributed by atoms with van der Waals surface area (Å²) >= 11 is 1.17. The molecule has 29 heavy (non-hydrogen) atoms. The number of aromatic nitrogens is 1. The van der Waals surface area contributed by atoms with Crippen LogP contribution in [0.3, 0.4) is 0 Å². The number of nitro groups is 1. The van der Waals surface area contributed by atoms with Gasteiger partial charge in [0.05, 0.1) is 27.3 Å². The van der Waals surface area contributed by atoms with Crippen LogP contribution in [0.4, 0.5) is 5.69 Å². The van der Waals surface area contributed by atoms with Crippen molar-refractivity contribution in [2.75, 3.05) is 0 Å². The average Bonchev–Trinajstić information content (AvgIpc) is 3.21. The zero-order chi connectivity index (χ0) is 20.4. The smallest absolute Gasteiger partial charge is 0.345 e. The van der Waals surface area contributed by atoms with Crippen molar-refractivity contribution in [3.05, 3.63) is 91.1 Å².